The van der Waals surface area contributed by atoms with E-state index in [1.54, 1.807) is 13.0 Å². The maximum absolute atomic E-state index is 10.7. The van der Waals surface area contributed by atoms with Crippen LogP contribution >= 0.6 is 0 Å². The van der Waals surface area contributed by atoms with E-state index in [2.05, 4.69) is 4.84 Å². The lowest BCUT2D eigenvalue weighted by Gasteiger charge is -1.88. The zero-order valence-electron chi connectivity index (χ0n) is 5.46. The largest absolute Gasteiger partial charge is 0.348 e. The summed E-state index contributed by atoms with van der Waals surface area (Å²) in [6.45, 7) is 1.74. The van der Waals surface area contributed by atoms with Gasteiger partial charge in [-0.2, -0.15) is 5.48 Å². The fourth-order valence-electron chi connectivity index (χ4n) is 0.693. The molecule has 0 aromatic carbocycles. The van der Waals surface area contributed by atoms with E-state index >= 15 is 0 Å². The Morgan fingerprint density at radius 1 is 1.60 bits per heavy atom. The van der Waals surface area contributed by atoms with Crippen molar-refractivity contribution in [2.45, 2.75) is 6.92 Å². The lowest BCUT2D eigenvalue weighted by atomic mass is 10.1. The third-order valence-electron chi connectivity index (χ3n) is 1.17. The summed E-state index contributed by atoms with van der Waals surface area (Å²) in [6, 6.07) is 0. The van der Waals surface area contributed by atoms with Crippen LogP contribution < -0.4 is 5.48 Å². The molecule has 0 aliphatic carbocycles. The molecule has 1 rings (SSSR count). The van der Waals surface area contributed by atoms with E-state index in [1.165, 1.54) is 6.08 Å². The molecule has 4 nitrogen and oxygen atoms in total. The van der Waals surface area contributed by atoms with E-state index in [1.807, 2.05) is 5.48 Å². The van der Waals surface area contributed by atoms with E-state index in [-0.39, 0.29) is 0 Å². The summed E-state index contributed by atoms with van der Waals surface area (Å²) >= 11 is 0. The molecule has 1 amide bonds. The Balaban J connectivity index is 2.72. The summed E-state index contributed by atoms with van der Waals surface area (Å²) in [5.41, 5.74) is 1.96. The maximum Gasteiger partial charge on any atom is 0.348 e. The van der Waals surface area contributed by atoms with Gasteiger partial charge in [0.15, 0.2) is 5.92 Å². The van der Waals surface area contributed by atoms with Crippen LogP contribution in [0, 0.1) is 5.92 Å². The minimum atomic E-state index is -0.745. The van der Waals surface area contributed by atoms with Crippen molar-refractivity contribution in [3.05, 3.63) is 12.2 Å². The number of carbonyl (C=O) groups excluding carboxylic acids is 2. The molecule has 1 aliphatic heterocycles. The van der Waals surface area contributed by atoms with Gasteiger partial charge in [0, 0.05) is 0 Å². The van der Waals surface area contributed by atoms with Crippen LogP contribution in [0.3, 0.4) is 0 Å². The van der Waals surface area contributed by atoms with Gasteiger partial charge in [0.05, 0.1) is 0 Å². The fourth-order valence-corrected chi connectivity index (χ4v) is 0.693. The topological polar surface area (TPSA) is 55.4 Å². The van der Waals surface area contributed by atoms with Gasteiger partial charge in [-0.1, -0.05) is 12.2 Å². The number of hydrogen-bond acceptors (Lipinski definition) is 3. The molecule has 1 atom stereocenters. The van der Waals surface area contributed by atoms with Gasteiger partial charge in [-0.05, 0) is 6.92 Å². The first-order valence-electron chi connectivity index (χ1n) is 2.89. The van der Waals surface area contributed by atoms with Gasteiger partial charge in [-0.3, -0.25) is 4.79 Å². The van der Waals surface area contributed by atoms with Crippen molar-refractivity contribution in [2.75, 3.05) is 0 Å². The Hall–Kier alpha value is -1.32. The summed E-state index contributed by atoms with van der Waals surface area (Å²) in [4.78, 5) is 25.5. The normalized spacial score (nSPS) is 25.1. The highest BCUT2D eigenvalue weighted by Crippen LogP contribution is 2.07. The summed E-state index contributed by atoms with van der Waals surface area (Å²) < 4.78 is 0. The molecule has 1 saturated heterocycles. The number of rotatable bonds is 1. The molecule has 1 heterocycles. The van der Waals surface area contributed by atoms with Crippen molar-refractivity contribution >= 4 is 11.9 Å². The molecule has 4 heteroatoms. The average Bonchev–Trinajstić information content (AvgIpc) is 2.20. The van der Waals surface area contributed by atoms with Crippen LogP contribution in [0.25, 0.3) is 0 Å². The van der Waals surface area contributed by atoms with Gasteiger partial charge < -0.3 is 4.84 Å². The molecule has 0 bridgehead atoms. The Kier molecular flexibility index (Phi) is 1.71. The van der Waals surface area contributed by atoms with E-state index in [0.29, 0.717) is 0 Å². The first-order chi connectivity index (χ1) is 4.75. The van der Waals surface area contributed by atoms with E-state index in [4.69, 9.17) is 0 Å². The van der Waals surface area contributed by atoms with Crippen LogP contribution in [0.4, 0.5) is 0 Å². The Morgan fingerprint density at radius 2 is 2.30 bits per heavy atom. The molecular weight excluding hydrogens is 134 g/mol. The predicted molar refractivity (Wildman–Crippen MR) is 32.5 cm³/mol. The fraction of sp³-hybridized carbons (Fsp3) is 0.333. The van der Waals surface area contributed by atoms with Crippen molar-refractivity contribution in [3.8, 4) is 0 Å². The van der Waals surface area contributed by atoms with Gasteiger partial charge in [0.1, 0.15) is 0 Å². The molecular formula is C6H7NO3. The highest BCUT2D eigenvalue weighted by Gasteiger charge is 2.32. The maximum atomic E-state index is 10.7. The summed E-state index contributed by atoms with van der Waals surface area (Å²) in [7, 11) is 0. The minimum Gasteiger partial charge on any atom is -0.340 e. The lowest BCUT2D eigenvalue weighted by Crippen LogP contribution is -2.17. The average molecular weight is 141 g/mol. The van der Waals surface area contributed by atoms with Crippen molar-refractivity contribution in [1.82, 2.24) is 5.48 Å². The zero-order valence-corrected chi connectivity index (χ0v) is 5.46. The van der Waals surface area contributed by atoms with E-state index < -0.39 is 17.8 Å². The molecule has 1 N–H and O–H groups in total. The minimum absolute atomic E-state index is 0.400. The number of hydroxylamine groups is 1. The second kappa shape index (κ2) is 2.51. The Labute approximate surface area is 57.8 Å². The Morgan fingerprint density at radius 3 is 2.70 bits per heavy atom. The highest BCUT2D eigenvalue weighted by atomic mass is 16.7. The number of nitrogens with one attached hydrogen (secondary N) is 1. The van der Waals surface area contributed by atoms with Crippen molar-refractivity contribution in [1.29, 1.82) is 0 Å². The van der Waals surface area contributed by atoms with Crippen LogP contribution in [0.15, 0.2) is 12.2 Å². The molecule has 0 radical (unpaired) electrons. The van der Waals surface area contributed by atoms with Crippen molar-refractivity contribution in [2.24, 2.45) is 5.92 Å². The van der Waals surface area contributed by atoms with Gasteiger partial charge in [-0.25, -0.2) is 4.79 Å². The van der Waals surface area contributed by atoms with Gasteiger partial charge in [-0.15, -0.1) is 0 Å². The monoisotopic (exact) mass is 141 g/mol. The molecule has 0 saturated carbocycles. The van der Waals surface area contributed by atoms with E-state index in [9.17, 15) is 9.59 Å². The number of amides is 1. The molecule has 0 aromatic heterocycles. The third-order valence-corrected chi connectivity index (χ3v) is 1.17. The number of hydrogen-bond donors (Lipinski definition) is 1. The second-order valence-corrected chi connectivity index (χ2v) is 1.89. The molecule has 1 fully saturated rings. The van der Waals surface area contributed by atoms with Crippen LogP contribution in [0.2, 0.25) is 0 Å². The van der Waals surface area contributed by atoms with Crippen LogP contribution in [0.5, 0.6) is 0 Å². The zero-order chi connectivity index (χ0) is 7.56. The smallest absolute Gasteiger partial charge is 0.340 e. The SMILES string of the molecule is C/C=C\C1C(=O)NOC1=O. The second-order valence-electron chi connectivity index (χ2n) is 1.89. The Bertz CT molecular complexity index is 181. The highest BCUT2D eigenvalue weighted by molar-refractivity contribution is 6.03. The summed E-state index contributed by atoms with van der Waals surface area (Å²) in [5.74, 6) is -1.68. The van der Waals surface area contributed by atoms with Crippen LogP contribution in [-0.4, -0.2) is 11.9 Å². The molecule has 54 valence electrons. The number of allylic oxidation sites excluding steroid dienone is 1. The van der Waals surface area contributed by atoms with Gasteiger partial charge in [0.25, 0.3) is 5.91 Å². The molecule has 1 aliphatic rings. The standard InChI is InChI=1S/C6H7NO3/c1-2-3-4-5(8)7-10-6(4)9/h2-4H,1H3,(H,7,8)/b3-2-. The molecule has 0 spiro atoms. The van der Waals surface area contributed by atoms with Crippen LogP contribution in [0.1, 0.15) is 6.92 Å². The van der Waals surface area contributed by atoms with Crippen LogP contribution in [-0.2, 0) is 14.4 Å². The van der Waals surface area contributed by atoms with Crippen molar-refractivity contribution < 1.29 is 14.4 Å². The first kappa shape index (κ1) is 6.80. The first-order valence-corrected chi connectivity index (χ1v) is 2.89. The third kappa shape index (κ3) is 1.00. The van der Waals surface area contributed by atoms with Crippen molar-refractivity contribution in [3.63, 3.8) is 0 Å². The van der Waals surface area contributed by atoms with E-state index in [0.717, 1.165) is 0 Å². The molecule has 1 unspecified atom stereocenters. The summed E-state index contributed by atoms with van der Waals surface area (Å²) in [6.07, 6.45) is 3.13. The molecule has 10 heavy (non-hydrogen) atoms. The van der Waals surface area contributed by atoms with Gasteiger partial charge >= 0.3 is 5.97 Å². The number of carbonyl (C=O) groups is 2. The molecule has 0 aromatic rings. The van der Waals surface area contributed by atoms with Gasteiger partial charge in [0.2, 0.25) is 0 Å². The summed E-state index contributed by atoms with van der Waals surface area (Å²) in [5, 5.41) is 0. The quantitative estimate of drug-likeness (QED) is 0.405. The lowest BCUT2D eigenvalue weighted by molar-refractivity contribution is -0.145. The predicted octanol–water partition coefficient (Wildman–Crippen LogP) is -0.233.